The summed E-state index contributed by atoms with van der Waals surface area (Å²) in [4.78, 5) is 20.8. The third kappa shape index (κ3) is 2.36. The number of carbonyl (C=O) groups is 2. The number of hydrogen-bond acceptors (Lipinski definition) is 2. The molecule has 0 aromatic heterocycles. The Morgan fingerprint density at radius 1 is 1.07 bits per heavy atom. The first-order valence-corrected chi connectivity index (χ1v) is 4.09. The van der Waals surface area contributed by atoms with Crippen LogP contribution in [0.4, 0.5) is 13.2 Å². The molecule has 1 aromatic carbocycles. The molecule has 0 aliphatic heterocycles. The van der Waals surface area contributed by atoms with Crippen LogP contribution in [0.2, 0.25) is 5.02 Å². The van der Waals surface area contributed by atoms with E-state index in [1.54, 1.807) is 0 Å². The zero-order chi connectivity index (χ0) is 11.6. The molecule has 0 saturated heterocycles. The van der Waals surface area contributed by atoms with Crippen molar-refractivity contribution in [2.24, 2.45) is 0 Å². The summed E-state index contributed by atoms with van der Waals surface area (Å²) in [7, 11) is 0. The number of hydrogen-bond donors (Lipinski definition) is 0. The van der Waals surface area contributed by atoms with Gasteiger partial charge in [0.15, 0.2) is 12.6 Å². The summed E-state index contributed by atoms with van der Waals surface area (Å²) in [6, 6.07) is 1.38. The molecule has 15 heavy (non-hydrogen) atoms. The molecule has 0 fully saturated rings. The van der Waals surface area contributed by atoms with E-state index in [1.807, 2.05) is 0 Å². The predicted octanol–water partition coefficient (Wildman–Crippen LogP) is 2.98. The van der Waals surface area contributed by atoms with E-state index >= 15 is 0 Å². The van der Waals surface area contributed by atoms with Crippen LogP contribution in [0, 0.1) is 0 Å². The number of alkyl halides is 3. The first kappa shape index (κ1) is 11.7. The highest BCUT2D eigenvalue weighted by Gasteiger charge is 2.33. The Balaban J connectivity index is 3.45. The second-order valence-electron chi connectivity index (χ2n) is 2.69. The van der Waals surface area contributed by atoms with Gasteiger partial charge < -0.3 is 0 Å². The molecular formula is C9H4ClF3O2. The minimum Gasteiger partial charge on any atom is -0.298 e. The molecule has 80 valence electrons. The first-order valence-electron chi connectivity index (χ1n) is 3.71. The number of benzene rings is 1. The molecule has 0 bridgehead atoms. The van der Waals surface area contributed by atoms with E-state index in [2.05, 4.69) is 0 Å². The van der Waals surface area contributed by atoms with E-state index in [0.29, 0.717) is 6.07 Å². The summed E-state index contributed by atoms with van der Waals surface area (Å²) in [5.74, 6) is 0. The molecule has 2 nitrogen and oxygen atoms in total. The van der Waals surface area contributed by atoms with Gasteiger partial charge in [-0.1, -0.05) is 11.6 Å². The van der Waals surface area contributed by atoms with E-state index in [0.717, 1.165) is 6.07 Å². The molecule has 0 aliphatic rings. The molecule has 0 atom stereocenters. The van der Waals surface area contributed by atoms with Crippen molar-refractivity contribution in [1.82, 2.24) is 0 Å². The van der Waals surface area contributed by atoms with Crippen LogP contribution >= 0.6 is 11.6 Å². The molecule has 0 spiro atoms. The quantitative estimate of drug-likeness (QED) is 0.740. The van der Waals surface area contributed by atoms with Gasteiger partial charge in [0.2, 0.25) is 0 Å². The van der Waals surface area contributed by atoms with Crippen LogP contribution in [0.3, 0.4) is 0 Å². The molecule has 0 saturated carbocycles. The largest absolute Gasteiger partial charge is 0.417 e. The van der Waals surface area contributed by atoms with Crippen molar-refractivity contribution in [3.05, 3.63) is 33.8 Å². The second-order valence-corrected chi connectivity index (χ2v) is 3.10. The van der Waals surface area contributed by atoms with Gasteiger partial charge in [-0.2, -0.15) is 13.2 Å². The van der Waals surface area contributed by atoms with E-state index in [-0.39, 0.29) is 23.7 Å². The summed E-state index contributed by atoms with van der Waals surface area (Å²) >= 11 is 5.33. The highest BCUT2D eigenvalue weighted by molar-refractivity contribution is 6.31. The minimum atomic E-state index is -4.64. The van der Waals surface area contributed by atoms with E-state index in [1.165, 1.54) is 0 Å². The molecular weight excluding hydrogens is 233 g/mol. The Kier molecular flexibility index (Phi) is 3.14. The standard InChI is InChI=1S/C9H4ClF3O2/c10-8-2-6(4-15)5(3-14)1-7(8)9(11,12)13/h1-4H. The number of halogens is 4. The summed E-state index contributed by atoms with van der Waals surface area (Å²) < 4.78 is 36.9. The van der Waals surface area contributed by atoms with Crippen molar-refractivity contribution < 1.29 is 22.8 Å². The summed E-state index contributed by atoms with van der Waals surface area (Å²) in [6.07, 6.45) is -4.19. The van der Waals surface area contributed by atoms with Gasteiger partial charge in [0.25, 0.3) is 0 Å². The average Bonchev–Trinajstić information content (AvgIpc) is 2.15. The molecule has 0 unspecified atom stereocenters. The summed E-state index contributed by atoms with van der Waals surface area (Å²) in [5, 5.41) is -0.602. The highest BCUT2D eigenvalue weighted by Crippen LogP contribution is 2.35. The maximum Gasteiger partial charge on any atom is 0.417 e. The van der Waals surface area contributed by atoms with Crippen molar-refractivity contribution >= 4 is 24.2 Å². The van der Waals surface area contributed by atoms with E-state index in [4.69, 9.17) is 11.6 Å². The first-order chi connectivity index (χ1) is 6.90. The topological polar surface area (TPSA) is 34.1 Å². The number of carbonyl (C=O) groups excluding carboxylic acids is 2. The predicted molar refractivity (Wildman–Crippen MR) is 47.2 cm³/mol. The lowest BCUT2D eigenvalue weighted by atomic mass is 10.1. The van der Waals surface area contributed by atoms with Gasteiger partial charge >= 0.3 is 6.18 Å². The number of aldehydes is 2. The number of rotatable bonds is 2. The zero-order valence-electron chi connectivity index (χ0n) is 7.14. The zero-order valence-corrected chi connectivity index (χ0v) is 7.89. The smallest absolute Gasteiger partial charge is 0.298 e. The van der Waals surface area contributed by atoms with Crippen LogP contribution in [-0.4, -0.2) is 12.6 Å². The molecule has 0 heterocycles. The van der Waals surface area contributed by atoms with Gasteiger partial charge in [-0.3, -0.25) is 9.59 Å². The third-order valence-electron chi connectivity index (χ3n) is 1.73. The Hall–Kier alpha value is -1.36. The van der Waals surface area contributed by atoms with Crippen molar-refractivity contribution in [3.63, 3.8) is 0 Å². The molecule has 6 heteroatoms. The van der Waals surface area contributed by atoms with E-state index < -0.39 is 16.8 Å². The maximum atomic E-state index is 12.3. The average molecular weight is 237 g/mol. The summed E-state index contributed by atoms with van der Waals surface area (Å²) in [6.45, 7) is 0. The second kappa shape index (κ2) is 4.02. The Morgan fingerprint density at radius 3 is 1.93 bits per heavy atom. The van der Waals surface area contributed by atoms with Gasteiger partial charge in [-0.15, -0.1) is 0 Å². The molecule has 0 aliphatic carbocycles. The van der Waals surface area contributed by atoms with Crippen LogP contribution in [0.15, 0.2) is 12.1 Å². The molecule has 1 rings (SSSR count). The monoisotopic (exact) mass is 236 g/mol. The maximum absolute atomic E-state index is 12.3. The van der Waals surface area contributed by atoms with E-state index in [9.17, 15) is 22.8 Å². The SMILES string of the molecule is O=Cc1cc(Cl)c(C(F)(F)F)cc1C=O. The fraction of sp³-hybridized carbons (Fsp3) is 0.111. The van der Waals surface area contributed by atoms with Crippen molar-refractivity contribution in [2.45, 2.75) is 6.18 Å². The lowest BCUT2D eigenvalue weighted by molar-refractivity contribution is -0.137. The Morgan fingerprint density at radius 2 is 1.53 bits per heavy atom. The van der Waals surface area contributed by atoms with Crippen LogP contribution < -0.4 is 0 Å². The highest BCUT2D eigenvalue weighted by atomic mass is 35.5. The molecule has 0 radical (unpaired) electrons. The van der Waals surface area contributed by atoms with Crippen LogP contribution in [-0.2, 0) is 6.18 Å². The Bertz CT molecular complexity index is 413. The third-order valence-corrected chi connectivity index (χ3v) is 2.04. The van der Waals surface area contributed by atoms with Crippen LogP contribution in [0.5, 0.6) is 0 Å². The molecule has 0 N–H and O–H groups in total. The molecule has 1 aromatic rings. The van der Waals surface area contributed by atoms with Crippen LogP contribution in [0.25, 0.3) is 0 Å². The fourth-order valence-corrected chi connectivity index (χ4v) is 1.31. The lowest BCUT2D eigenvalue weighted by Gasteiger charge is -2.10. The Labute approximate surface area is 87.6 Å². The lowest BCUT2D eigenvalue weighted by Crippen LogP contribution is -2.08. The minimum absolute atomic E-state index is 0.164. The van der Waals surface area contributed by atoms with Crippen molar-refractivity contribution in [2.75, 3.05) is 0 Å². The van der Waals surface area contributed by atoms with Gasteiger partial charge in [-0.25, -0.2) is 0 Å². The molecule has 0 amide bonds. The fourth-order valence-electron chi connectivity index (χ4n) is 1.03. The van der Waals surface area contributed by atoms with Gasteiger partial charge in [0, 0.05) is 11.1 Å². The van der Waals surface area contributed by atoms with Crippen molar-refractivity contribution in [1.29, 1.82) is 0 Å². The van der Waals surface area contributed by atoms with Crippen molar-refractivity contribution in [3.8, 4) is 0 Å². The normalized spacial score (nSPS) is 11.2. The van der Waals surface area contributed by atoms with Gasteiger partial charge in [0.1, 0.15) is 0 Å². The van der Waals surface area contributed by atoms with Crippen LogP contribution in [0.1, 0.15) is 26.3 Å². The summed E-state index contributed by atoms with van der Waals surface area (Å²) in [5.41, 5.74) is -1.62. The van der Waals surface area contributed by atoms with Gasteiger partial charge in [0.05, 0.1) is 10.6 Å². The van der Waals surface area contributed by atoms with Gasteiger partial charge in [-0.05, 0) is 12.1 Å².